The monoisotopic (exact) mass is 371 g/mol. The molecule has 0 unspecified atom stereocenters. The average Bonchev–Trinajstić information content (AvgIpc) is 3.42. The van der Waals surface area contributed by atoms with Crippen molar-refractivity contribution in [3.63, 3.8) is 0 Å². The standard InChI is InChI=1S/C19H21N3O3S/c1-13-17(21-19(26-13)16-7-5-11-25-16)18(23)20-12-14(15-6-4-10-24-15)22-8-2-3-9-22/h4-7,10-11,14H,2-3,8-9,12H2,1H3,(H,20,23)/t14-/m1/s1. The quantitative estimate of drug-likeness (QED) is 0.712. The highest BCUT2D eigenvalue weighted by atomic mass is 32.1. The second kappa shape index (κ2) is 7.47. The van der Waals surface area contributed by atoms with E-state index in [4.69, 9.17) is 8.83 Å². The van der Waals surface area contributed by atoms with Crippen LogP contribution in [0.1, 0.15) is 40.0 Å². The maximum absolute atomic E-state index is 12.7. The Morgan fingerprint density at radius 3 is 2.73 bits per heavy atom. The van der Waals surface area contributed by atoms with Gasteiger partial charge in [0.25, 0.3) is 5.91 Å². The van der Waals surface area contributed by atoms with Gasteiger partial charge in [-0.1, -0.05) is 0 Å². The molecule has 1 aliphatic heterocycles. The van der Waals surface area contributed by atoms with Crippen LogP contribution < -0.4 is 5.32 Å². The summed E-state index contributed by atoms with van der Waals surface area (Å²) in [6, 6.07) is 7.58. The van der Waals surface area contributed by atoms with E-state index in [0.29, 0.717) is 18.0 Å². The van der Waals surface area contributed by atoms with Gasteiger partial charge in [0.2, 0.25) is 0 Å². The summed E-state index contributed by atoms with van der Waals surface area (Å²) in [7, 11) is 0. The molecule has 0 aromatic carbocycles. The molecule has 26 heavy (non-hydrogen) atoms. The van der Waals surface area contributed by atoms with E-state index in [1.54, 1.807) is 12.5 Å². The smallest absolute Gasteiger partial charge is 0.271 e. The molecular weight excluding hydrogens is 350 g/mol. The minimum atomic E-state index is -0.160. The number of likely N-dealkylation sites (tertiary alicyclic amines) is 1. The normalized spacial score (nSPS) is 16.0. The summed E-state index contributed by atoms with van der Waals surface area (Å²) in [5.41, 5.74) is 0.459. The Kier molecular flexibility index (Phi) is 4.90. The number of amides is 1. The largest absolute Gasteiger partial charge is 0.468 e. The van der Waals surface area contributed by atoms with E-state index in [9.17, 15) is 4.79 Å². The Hall–Kier alpha value is -2.38. The van der Waals surface area contributed by atoms with Crippen LogP contribution in [0.15, 0.2) is 45.6 Å². The summed E-state index contributed by atoms with van der Waals surface area (Å²) in [6.07, 6.45) is 5.65. The van der Waals surface area contributed by atoms with Gasteiger partial charge >= 0.3 is 0 Å². The maximum atomic E-state index is 12.7. The molecular formula is C19H21N3O3S. The van der Waals surface area contributed by atoms with Gasteiger partial charge in [-0.15, -0.1) is 11.3 Å². The highest BCUT2D eigenvalue weighted by molar-refractivity contribution is 7.15. The van der Waals surface area contributed by atoms with Crippen molar-refractivity contribution in [2.75, 3.05) is 19.6 Å². The fourth-order valence-electron chi connectivity index (χ4n) is 3.33. The molecule has 3 aromatic heterocycles. The lowest BCUT2D eigenvalue weighted by molar-refractivity contribution is 0.0929. The van der Waals surface area contributed by atoms with E-state index in [1.165, 1.54) is 24.2 Å². The molecule has 1 atom stereocenters. The molecule has 4 heterocycles. The highest BCUT2D eigenvalue weighted by Gasteiger charge is 2.27. The molecule has 136 valence electrons. The van der Waals surface area contributed by atoms with E-state index >= 15 is 0 Å². The number of hydrogen-bond donors (Lipinski definition) is 1. The van der Waals surface area contributed by atoms with Crippen LogP contribution in [0, 0.1) is 6.92 Å². The predicted molar refractivity (Wildman–Crippen MR) is 99.1 cm³/mol. The summed E-state index contributed by atoms with van der Waals surface area (Å²) in [5.74, 6) is 1.41. The Labute approximate surface area is 155 Å². The van der Waals surface area contributed by atoms with Gasteiger partial charge in [-0.25, -0.2) is 4.98 Å². The van der Waals surface area contributed by atoms with Gasteiger partial charge in [0.05, 0.1) is 18.6 Å². The maximum Gasteiger partial charge on any atom is 0.271 e. The van der Waals surface area contributed by atoms with Gasteiger partial charge in [0.1, 0.15) is 11.5 Å². The Morgan fingerprint density at radius 1 is 1.27 bits per heavy atom. The molecule has 3 aromatic rings. The van der Waals surface area contributed by atoms with E-state index in [-0.39, 0.29) is 11.9 Å². The number of furan rings is 2. The first kappa shape index (κ1) is 17.1. The molecule has 0 saturated carbocycles. The van der Waals surface area contributed by atoms with E-state index in [2.05, 4.69) is 15.2 Å². The third-order valence-electron chi connectivity index (χ3n) is 4.65. The fourth-order valence-corrected chi connectivity index (χ4v) is 4.21. The molecule has 0 bridgehead atoms. The van der Waals surface area contributed by atoms with Crippen LogP contribution in [-0.4, -0.2) is 35.4 Å². The minimum absolute atomic E-state index is 0.0555. The molecule has 4 rings (SSSR count). The van der Waals surface area contributed by atoms with E-state index < -0.39 is 0 Å². The van der Waals surface area contributed by atoms with Crippen LogP contribution >= 0.6 is 11.3 Å². The first-order chi connectivity index (χ1) is 12.7. The van der Waals surface area contributed by atoms with E-state index in [1.807, 2.05) is 31.2 Å². The Bertz CT molecular complexity index is 849. The molecule has 6 nitrogen and oxygen atoms in total. The SMILES string of the molecule is Cc1sc(-c2ccco2)nc1C(=O)NC[C@H](c1ccco1)N1CCCC1. The number of aromatic nitrogens is 1. The van der Waals surface area contributed by atoms with Crippen molar-refractivity contribution in [1.29, 1.82) is 0 Å². The lowest BCUT2D eigenvalue weighted by atomic mass is 10.2. The van der Waals surface area contributed by atoms with Crippen LogP contribution in [-0.2, 0) is 0 Å². The number of carbonyl (C=O) groups excluding carboxylic acids is 1. The minimum Gasteiger partial charge on any atom is -0.468 e. The summed E-state index contributed by atoms with van der Waals surface area (Å²) in [4.78, 5) is 20.4. The number of thiazole rings is 1. The molecule has 1 N–H and O–H groups in total. The molecule has 1 fully saturated rings. The van der Waals surface area contributed by atoms with Gasteiger partial charge in [-0.2, -0.15) is 0 Å². The van der Waals surface area contributed by atoms with Gasteiger partial charge < -0.3 is 14.2 Å². The average molecular weight is 371 g/mol. The topological polar surface area (TPSA) is 71.5 Å². The Morgan fingerprint density at radius 2 is 2.04 bits per heavy atom. The van der Waals surface area contributed by atoms with Crippen LogP contribution in [0.3, 0.4) is 0 Å². The van der Waals surface area contributed by atoms with Gasteiger partial charge in [0, 0.05) is 11.4 Å². The van der Waals surface area contributed by atoms with Crippen molar-refractivity contribution >= 4 is 17.2 Å². The van der Waals surface area contributed by atoms with Crippen LogP contribution in [0.25, 0.3) is 10.8 Å². The van der Waals surface area contributed by atoms with Crippen LogP contribution in [0.4, 0.5) is 0 Å². The van der Waals surface area contributed by atoms with Crippen LogP contribution in [0.5, 0.6) is 0 Å². The summed E-state index contributed by atoms with van der Waals surface area (Å²) >= 11 is 1.46. The van der Waals surface area contributed by atoms with E-state index in [0.717, 1.165) is 28.7 Å². The van der Waals surface area contributed by atoms with Crippen molar-refractivity contribution in [2.45, 2.75) is 25.8 Å². The van der Waals surface area contributed by atoms with Crippen molar-refractivity contribution < 1.29 is 13.6 Å². The predicted octanol–water partition coefficient (Wildman–Crippen LogP) is 3.87. The third-order valence-corrected chi connectivity index (χ3v) is 5.64. The number of rotatable bonds is 6. The molecule has 0 aliphatic carbocycles. The first-order valence-electron chi connectivity index (χ1n) is 8.79. The van der Waals surface area contributed by atoms with Gasteiger partial charge in [-0.3, -0.25) is 9.69 Å². The van der Waals surface area contributed by atoms with Crippen LogP contribution in [0.2, 0.25) is 0 Å². The van der Waals surface area contributed by atoms with Gasteiger partial charge in [-0.05, 0) is 57.1 Å². The molecule has 1 saturated heterocycles. The second-order valence-corrected chi connectivity index (χ2v) is 7.59. The Balaban J connectivity index is 1.47. The summed E-state index contributed by atoms with van der Waals surface area (Å²) < 4.78 is 11.0. The highest BCUT2D eigenvalue weighted by Crippen LogP contribution is 2.28. The molecule has 0 spiro atoms. The van der Waals surface area contributed by atoms with Gasteiger partial charge in [0.15, 0.2) is 10.8 Å². The van der Waals surface area contributed by atoms with Crippen molar-refractivity contribution in [3.05, 3.63) is 53.1 Å². The molecule has 1 amide bonds. The number of aryl methyl sites for hydroxylation is 1. The van der Waals surface area contributed by atoms with Crippen molar-refractivity contribution in [1.82, 2.24) is 15.2 Å². The number of nitrogens with zero attached hydrogens (tertiary/aromatic N) is 2. The molecule has 7 heteroatoms. The number of nitrogens with one attached hydrogen (secondary N) is 1. The first-order valence-corrected chi connectivity index (χ1v) is 9.61. The number of carbonyl (C=O) groups is 1. The zero-order valence-corrected chi connectivity index (χ0v) is 15.4. The number of hydrogen-bond acceptors (Lipinski definition) is 6. The molecule has 0 radical (unpaired) electrons. The third kappa shape index (κ3) is 3.45. The zero-order chi connectivity index (χ0) is 17.9. The van der Waals surface area contributed by atoms with Crippen molar-refractivity contribution in [3.8, 4) is 10.8 Å². The second-order valence-electron chi connectivity index (χ2n) is 6.39. The molecule has 1 aliphatic rings. The lowest BCUT2D eigenvalue weighted by Crippen LogP contribution is -2.36. The zero-order valence-electron chi connectivity index (χ0n) is 14.6. The summed E-state index contributed by atoms with van der Waals surface area (Å²) in [6.45, 7) is 4.46. The lowest BCUT2D eigenvalue weighted by Gasteiger charge is -2.25. The fraction of sp³-hybridized carbons (Fsp3) is 0.368. The van der Waals surface area contributed by atoms with Crippen molar-refractivity contribution in [2.24, 2.45) is 0 Å². The summed E-state index contributed by atoms with van der Waals surface area (Å²) in [5, 5.41) is 3.76.